The van der Waals surface area contributed by atoms with E-state index in [-0.39, 0.29) is 0 Å². The van der Waals surface area contributed by atoms with Gasteiger partial charge in [-0.3, -0.25) is 0 Å². The summed E-state index contributed by atoms with van der Waals surface area (Å²) in [5, 5.41) is 0. The van der Waals surface area contributed by atoms with Gasteiger partial charge in [-0.1, -0.05) is 24.3 Å². The first kappa shape index (κ1) is 9.01. The normalized spacial score (nSPS) is 33.5. The lowest BCUT2D eigenvalue weighted by Crippen LogP contribution is -2.23. The van der Waals surface area contributed by atoms with Gasteiger partial charge >= 0.3 is 0 Å². The Kier molecular flexibility index (Phi) is 3.20. The molecule has 0 saturated heterocycles. The molecule has 1 nitrogen and oxygen atoms in total. The van der Waals surface area contributed by atoms with Gasteiger partial charge in [-0.05, 0) is 38.5 Å². The van der Waals surface area contributed by atoms with Gasteiger partial charge in [0.2, 0.25) is 0 Å². The first-order chi connectivity index (χ1) is 6.45. The molecule has 0 spiro atoms. The maximum Gasteiger partial charge on any atom is 0.0616 e. The van der Waals surface area contributed by atoms with Crippen molar-refractivity contribution in [2.45, 2.75) is 50.7 Å². The molecule has 2 unspecified atom stereocenters. The van der Waals surface area contributed by atoms with E-state index >= 15 is 0 Å². The predicted molar refractivity (Wildman–Crippen MR) is 54.6 cm³/mol. The molecule has 0 aromatic carbocycles. The molecule has 2 atom stereocenters. The van der Waals surface area contributed by atoms with Gasteiger partial charge in [0.05, 0.1) is 12.2 Å². The van der Waals surface area contributed by atoms with Gasteiger partial charge in [-0.25, -0.2) is 0 Å². The Morgan fingerprint density at radius 2 is 1.31 bits per heavy atom. The molecule has 2 aliphatic rings. The summed E-state index contributed by atoms with van der Waals surface area (Å²) >= 11 is 0. The van der Waals surface area contributed by atoms with Crippen LogP contribution in [0, 0.1) is 0 Å². The van der Waals surface area contributed by atoms with Crippen molar-refractivity contribution in [1.82, 2.24) is 0 Å². The number of ether oxygens (including phenoxy) is 1. The predicted octanol–water partition coefficient (Wildman–Crippen LogP) is 3.22. The molecule has 0 aromatic heterocycles. The highest BCUT2D eigenvalue weighted by Gasteiger charge is 2.17. The standard InChI is InChI=1S/C12H18O/c1-3-7-11(8-4-1)13-12-9-5-2-6-10-12/h1-3,5,11-12H,4,6-10H2. The largest absolute Gasteiger partial charge is 0.374 e. The zero-order valence-electron chi connectivity index (χ0n) is 8.11. The molecule has 0 N–H and O–H groups in total. The summed E-state index contributed by atoms with van der Waals surface area (Å²) in [6.07, 6.45) is 17.1. The van der Waals surface area contributed by atoms with Crippen molar-refractivity contribution in [2.24, 2.45) is 0 Å². The second kappa shape index (κ2) is 4.61. The molecule has 0 radical (unpaired) electrons. The van der Waals surface area contributed by atoms with Crippen molar-refractivity contribution in [1.29, 1.82) is 0 Å². The number of hydrogen-bond acceptors (Lipinski definition) is 1. The van der Waals surface area contributed by atoms with Crippen LogP contribution in [0.3, 0.4) is 0 Å². The van der Waals surface area contributed by atoms with Crippen molar-refractivity contribution in [3.63, 3.8) is 0 Å². The average Bonchev–Trinajstić information content (AvgIpc) is 2.21. The SMILES string of the molecule is C1=CCC(OC2CC=CCC2)CC1. The first-order valence-electron chi connectivity index (χ1n) is 5.40. The molecule has 0 bridgehead atoms. The second-order valence-corrected chi connectivity index (χ2v) is 3.95. The van der Waals surface area contributed by atoms with Crippen LogP contribution in [-0.4, -0.2) is 12.2 Å². The van der Waals surface area contributed by atoms with Crippen LogP contribution in [0.15, 0.2) is 24.3 Å². The van der Waals surface area contributed by atoms with Crippen LogP contribution in [0.25, 0.3) is 0 Å². The molecular formula is C12H18O. The summed E-state index contributed by atoms with van der Waals surface area (Å²) in [6, 6.07) is 0. The van der Waals surface area contributed by atoms with E-state index < -0.39 is 0 Å². The van der Waals surface area contributed by atoms with Crippen molar-refractivity contribution < 1.29 is 4.74 Å². The van der Waals surface area contributed by atoms with Gasteiger partial charge in [0.1, 0.15) is 0 Å². The molecule has 0 aliphatic heterocycles. The van der Waals surface area contributed by atoms with Crippen LogP contribution in [-0.2, 0) is 4.74 Å². The molecule has 2 aliphatic carbocycles. The van der Waals surface area contributed by atoms with E-state index in [2.05, 4.69) is 24.3 Å². The van der Waals surface area contributed by atoms with E-state index in [4.69, 9.17) is 4.74 Å². The summed E-state index contributed by atoms with van der Waals surface area (Å²) in [4.78, 5) is 0. The number of allylic oxidation sites excluding steroid dienone is 2. The van der Waals surface area contributed by atoms with Crippen LogP contribution in [0.1, 0.15) is 38.5 Å². The van der Waals surface area contributed by atoms with Crippen LogP contribution in [0.5, 0.6) is 0 Å². The van der Waals surface area contributed by atoms with Crippen molar-refractivity contribution in [2.75, 3.05) is 0 Å². The minimum Gasteiger partial charge on any atom is -0.374 e. The maximum atomic E-state index is 6.03. The Labute approximate surface area is 80.5 Å². The van der Waals surface area contributed by atoms with E-state index in [9.17, 15) is 0 Å². The molecular weight excluding hydrogens is 160 g/mol. The smallest absolute Gasteiger partial charge is 0.0616 e. The Hall–Kier alpha value is -0.560. The first-order valence-corrected chi connectivity index (χ1v) is 5.40. The molecule has 1 heteroatoms. The molecule has 2 rings (SSSR count). The lowest BCUT2D eigenvalue weighted by molar-refractivity contribution is -0.0195. The van der Waals surface area contributed by atoms with Crippen molar-refractivity contribution in [3.8, 4) is 0 Å². The van der Waals surface area contributed by atoms with Crippen LogP contribution < -0.4 is 0 Å². The monoisotopic (exact) mass is 178 g/mol. The summed E-state index contributed by atoms with van der Waals surface area (Å²) < 4.78 is 6.03. The minimum absolute atomic E-state index is 0.501. The van der Waals surface area contributed by atoms with Gasteiger partial charge in [-0.15, -0.1) is 0 Å². The topological polar surface area (TPSA) is 9.23 Å². The summed E-state index contributed by atoms with van der Waals surface area (Å²) in [5.41, 5.74) is 0. The Balaban J connectivity index is 1.76. The van der Waals surface area contributed by atoms with Crippen LogP contribution in [0.2, 0.25) is 0 Å². The molecule has 0 aromatic rings. The molecule has 72 valence electrons. The fraction of sp³-hybridized carbons (Fsp3) is 0.667. The zero-order valence-corrected chi connectivity index (χ0v) is 8.11. The fourth-order valence-corrected chi connectivity index (χ4v) is 2.05. The maximum absolute atomic E-state index is 6.03. The molecule has 0 heterocycles. The Morgan fingerprint density at radius 3 is 1.69 bits per heavy atom. The second-order valence-electron chi connectivity index (χ2n) is 3.95. The Bertz CT molecular complexity index is 183. The number of hydrogen-bond donors (Lipinski definition) is 0. The van der Waals surface area contributed by atoms with E-state index in [1.54, 1.807) is 0 Å². The van der Waals surface area contributed by atoms with E-state index in [1.165, 1.54) is 25.7 Å². The summed E-state index contributed by atoms with van der Waals surface area (Å²) in [5.74, 6) is 0. The summed E-state index contributed by atoms with van der Waals surface area (Å²) in [6.45, 7) is 0. The molecule has 13 heavy (non-hydrogen) atoms. The van der Waals surface area contributed by atoms with Crippen molar-refractivity contribution >= 4 is 0 Å². The highest BCUT2D eigenvalue weighted by atomic mass is 16.5. The van der Waals surface area contributed by atoms with E-state index in [1.807, 2.05) is 0 Å². The third-order valence-corrected chi connectivity index (χ3v) is 2.83. The Morgan fingerprint density at radius 1 is 0.769 bits per heavy atom. The van der Waals surface area contributed by atoms with E-state index in [0.717, 1.165) is 12.8 Å². The third-order valence-electron chi connectivity index (χ3n) is 2.83. The summed E-state index contributed by atoms with van der Waals surface area (Å²) in [7, 11) is 0. The minimum atomic E-state index is 0.501. The van der Waals surface area contributed by atoms with Crippen LogP contribution >= 0.6 is 0 Å². The van der Waals surface area contributed by atoms with Crippen molar-refractivity contribution in [3.05, 3.63) is 24.3 Å². The highest BCUT2D eigenvalue weighted by molar-refractivity contribution is 4.94. The van der Waals surface area contributed by atoms with E-state index in [0.29, 0.717) is 12.2 Å². The lowest BCUT2D eigenvalue weighted by Gasteiger charge is -2.26. The van der Waals surface area contributed by atoms with Crippen LogP contribution in [0.4, 0.5) is 0 Å². The third kappa shape index (κ3) is 2.70. The van der Waals surface area contributed by atoms with Gasteiger partial charge in [0.15, 0.2) is 0 Å². The quantitative estimate of drug-likeness (QED) is 0.590. The zero-order chi connectivity index (χ0) is 8.93. The highest BCUT2D eigenvalue weighted by Crippen LogP contribution is 2.21. The fourth-order valence-electron chi connectivity index (χ4n) is 2.05. The van der Waals surface area contributed by atoms with Gasteiger partial charge in [0, 0.05) is 0 Å². The molecule has 0 saturated carbocycles. The van der Waals surface area contributed by atoms with Gasteiger partial charge in [0.25, 0.3) is 0 Å². The van der Waals surface area contributed by atoms with Gasteiger partial charge in [-0.2, -0.15) is 0 Å². The average molecular weight is 178 g/mol. The molecule has 0 fully saturated rings. The lowest BCUT2D eigenvalue weighted by atomic mass is 10.0. The molecule has 0 amide bonds. The number of rotatable bonds is 2. The van der Waals surface area contributed by atoms with Gasteiger partial charge < -0.3 is 4.74 Å².